The molecule has 0 bridgehead atoms. The van der Waals surface area contributed by atoms with Gasteiger partial charge in [-0.2, -0.15) is 0 Å². The van der Waals surface area contributed by atoms with Gasteiger partial charge in [0.2, 0.25) is 0 Å². The molecule has 58 valence electrons. The molecule has 2 saturated heterocycles. The highest BCUT2D eigenvalue weighted by Crippen LogP contribution is 2.35. The molecule has 2 aliphatic rings. The van der Waals surface area contributed by atoms with Crippen molar-refractivity contribution >= 4 is 0 Å². The topological polar surface area (TPSA) is 23.5 Å². The molecule has 1 N–H and O–H groups in total. The van der Waals surface area contributed by atoms with Crippen molar-refractivity contribution in [1.29, 1.82) is 0 Å². The first-order valence-corrected chi connectivity index (χ1v) is 4.25. The molecule has 2 heteroatoms. The van der Waals surface area contributed by atoms with E-state index in [2.05, 4.69) is 11.8 Å². The maximum absolute atomic E-state index is 9.38. The minimum atomic E-state index is -0.00699. The van der Waals surface area contributed by atoms with Crippen LogP contribution in [0, 0.1) is 5.92 Å². The van der Waals surface area contributed by atoms with E-state index in [9.17, 15) is 5.11 Å². The third-order valence-corrected chi connectivity index (χ3v) is 3.03. The highest BCUT2D eigenvalue weighted by Gasteiger charge is 2.45. The molecule has 0 radical (unpaired) electrons. The summed E-state index contributed by atoms with van der Waals surface area (Å²) in [6, 6.07) is 0.532. The van der Waals surface area contributed by atoms with Crippen molar-refractivity contribution in [2.24, 2.45) is 5.92 Å². The van der Waals surface area contributed by atoms with Gasteiger partial charge in [-0.05, 0) is 18.9 Å². The Bertz CT molecular complexity index is 137. The van der Waals surface area contributed by atoms with E-state index in [-0.39, 0.29) is 6.10 Å². The van der Waals surface area contributed by atoms with Crippen LogP contribution in [0.3, 0.4) is 0 Å². The zero-order valence-corrected chi connectivity index (χ0v) is 6.45. The first kappa shape index (κ1) is 6.62. The van der Waals surface area contributed by atoms with Gasteiger partial charge in [-0.25, -0.2) is 0 Å². The Morgan fingerprint density at radius 2 is 2.40 bits per heavy atom. The third-order valence-electron chi connectivity index (χ3n) is 3.03. The van der Waals surface area contributed by atoms with E-state index in [0.717, 1.165) is 12.5 Å². The summed E-state index contributed by atoms with van der Waals surface area (Å²) in [6.45, 7) is 4.38. The molecule has 0 saturated carbocycles. The van der Waals surface area contributed by atoms with Crippen molar-refractivity contribution in [2.45, 2.75) is 31.9 Å². The van der Waals surface area contributed by atoms with E-state index in [1.807, 2.05) is 0 Å². The number of hydrogen-bond donors (Lipinski definition) is 1. The fraction of sp³-hybridized carbons (Fsp3) is 1.00. The van der Waals surface area contributed by atoms with E-state index in [4.69, 9.17) is 0 Å². The lowest BCUT2D eigenvalue weighted by Gasteiger charge is -2.42. The maximum atomic E-state index is 9.38. The Hall–Kier alpha value is -0.0800. The van der Waals surface area contributed by atoms with Gasteiger partial charge >= 0.3 is 0 Å². The summed E-state index contributed by atoms with van der Waals surface area (Å²) < 4.78 is 0. The average Bonchev–Trinajstić information content (AvgIpc) is 2.25. The van der Waals surface area contributed by atoms with Crippen LogP contribution in [0.4, 0.5) is 0 Å². The summed E-state index contributed by atoms with van der Waals surface area (Å²) in [5.41, 5.74) is 0. The third kappa shape index (κ3) is 0.722. The van der Waals surface area contributed by atoms with E-state index < -0.39 is 0 Å². The second kappa shape index (κ2) is 2.21. The molecule has 0 aromatic carbocycles. The monoisotopic (exact) mass is 141 g/mol. The van der Waals surface area contributed by atoms with Crippen LogP contribution in [0.25, 0.3) is 0 Å². The fourth-order valence-corrected chi connectivity index (χ4v) is 2.38. The smallest absolute Gasteiger partial charge is 0.0824 e. The Morgan fingerprint density at radius 1 is 1.60 bits per heavy atom. The second-order valence-electron chi connectivity index (χ2n) is 3.51. The molecule has 2 nitrogen and oxygen atoms in total. The van der Waals surface area contributed by atoms with Crippen LogP contribution in [0.5, 0.6) is 0 Å². The van der Waals surface area contributed by atoms with Crippen LogP contribution in [0.1, 0.15) is 19.8 Å². The zero-order chi connectivity index (χ0) is 7.14. The zero-order valence-electron chi connectivity index (χ0n) is 6.45. The van der Waals surface area contributed by atoms with Crippen molar-refractivity contribution < 1.29 is 5.11 Å². The number of fused-ring (bicyclic) bond motifs is 1. The molecule has 10 heavy (non-hydrogen) atoms. The molecule has 2 unspecified atom stereocenters. The average molecular weight is 141 g/mol. The molecule has 2 aliphatic heterocycles. The van der Waals surface area contributed by atoms with Gasteiger partial charge < -0.3 is 5.11 Å². The maximum Gasteiger partial charge on any atom is 0.0824 e. The largest absolute Gasteiger partial charge is 0.390 e. The van der Waals surface area contributed by atoms with Crippen molar-refractivity contribution in [3.8, 4) is 0 Å². The fourth-order valence-electron chi connectivity index (χ4n) is 2.38. The van der Waals surface area contributed by atoms with E-state index in [1.54, 1.807) is 0 Å². The van der Waals surface area contributed by atoms with Crippen LogP contribution in [-0.2, 0) is 0 Å². The highest BCUT2D eigenvalue weighted by molar-refractivity contribution is 5.00. The lowest BCUT2D eigenvalue weighted by Crippen LogP contribution is -2.58. The Balaban J connectivity index is 2.01. The SMILES string of the molecule is CCC1CCN2C[C@H](O)C12. The van der Waals surface area contributed by atoms with Gasteiger partial charge in [0.25, 0.3) is 0 Å². The minimum Gasteiger partial charge on any atom is -0.390 e. The Labute approximate surface area is 61.8 Å². The van der Waals surface area contributed by atoms with Gasteiger partial charge in [0.05, 0.1) is 6.10 Å². The molecule has 2 fully saturated rings. The standard InChI is InChI=1S/C8H15NO/c1-2-6-3-4-9-5-7(10)8(6)9/h6-8,10H,2-5H2,1H3/t6?,7-,8?/m0/s1. The van der Waals surface area contributed by atoms with Crippen molar-refractivity contribution in [3.63, 3.8) is 0 Å². The Morgan fingerprint density at radius 3 is 2.90 bits per heavy atom. The van der Waals surface area contributed by atoms with E-state index >= 15 is 0 Å². The normalized spacial score (nSPS) is 46.8. The molecule has 0 aromatic heterocycles. The molecule has 0 aliphatic carbocycles. The van der Waals surface area contributed by atoms with Gasteiger partial charge in [-0.15, -0.1) is 0 Å². The van der Waals surface area contributed by atoms with Gasteiger partial charge in [-0.1, -0.05) is 13.3 Å². The van der Waals surface area contributed by atoms with Crippen LogP contribution < -0.4 is 0 Å². The van der Waals surface area contributed by atoms with Crippen molar-refractivity contribution in [3.05, 3.63) is 0 Å². The molecule has 0 spiro atoms. The van der Waals surface area contributed by atoms with Crippen LogP contribution in [-0.4, -0.2) is 35.2 Å². The number of aliphatic hydroxyl groups is 1. The number of hydrogen-bond acceptors (Lipinski definition) is 2. The second-order valence-corrected chi connectivity index (χ2v) is 3.51. The summed E-state index contributed by atoms with van der Waals surface area (Å²) in [6.07, 6.45) is 2.53. The summed E-state index contributed by atoms with van der Waals surface area (Å²) in [5.74, 6) is 0.781. The molecule has 2 rings (SSSR count). The van der Waals surface area contributed by atoms with Crippen LogP contribution >= 0.6 is 0 Å². The lowest BCUT2D eigenvalue weighted by atomic mass is 9.89. The van der Waals surface area contributed by atoms with Gasteiger partial charge in [0.1, 0.15) is 0 Å². The quantitative estimate of drug-likeness (QED) is 0.573. The highest BCUT2D eigenvalue weighted by atomic mass is 16.3. The first-order valence-electron chi connectivity index (χ1n) is 4.25. The summed E-state index contributed by atoms with van der Waals surface area (Å²) in [5, 5.41) is 9.38. The molecule has 0 amide bonds. The summed E-state index contributed by atoms with van der Waals surface area (Å²) in [7, 11) is 0. The number of nitrogens with zero attached hydrogens (tertiary/aromatic N) is 1. The van der Waals surface area contributed by atoms with Gasteiger partial charge in [0, 0.05) is 12.6 Å². The van der Waals surface area contributed by atoms with Crippen LogP contribution in [0.15, 0.2) is 0 Å². The summed E-state index contributed by atoms with van der Waals surface area (Å²) >= 11 is 0. The van der Waals surface area contributed by atoms with Gasteiger partial charge in [-0.3, -0.25) is 4.90 Å². The first-order chi connectivity index (χ1) is 4.83. The molecule has 2 heterocycles. The number of aliphatic hydroxyl groups excluding tert-OH is 1. The van der Waals surface area contributed by atoms with Crippen molar-refractivity contribution in [2.75, 3.05) is 13.1 Å². The predicted octanol–water partition coefficient (Wildman–Crippen LogP) is 0.461. The van der Waals surface area contributed by atoms with Gasteiger partial charge in [0.15, 0.2) is 0 Å². The minimum absolute atomic E-state index is 0.00699. The summed E-state index contributed by atoms with van der Waals surface area (Å²) in [4.78, 5) is 2.40. The Kier molecular flexibility index (Phi) is 1.46. The van der Waals surface area contributed by atoms with Crippen molar-refractivity contribution in [1.82, 2.24) is 4.90 Å². The molecular weight excluding hydrogens is 126 g/mol. The van der Waals surface area contributed by atoms with E-state index in [0.29, 0.717) is 6.04 Å². The predicted molar refractivity (Wildman–Crippen MR) is 39.8 cm³/mol. The number of rotatable bonds is 1. The van der Waals surface area contributed by atoms with Crippen LogP contribution in [0.2, 0.25) is 0 Å². The molecular formula is C8H15NO. The van der Waals surface area contributed by atoms with E-state index in [1.165, 1.54) is 19.4 Å². The molecule has 0 aromatic rings. The molecule has 3 atom stereocenters. The lowest BCUT2D eigenvalue weighted by molar-refractivity contribution is -0.0517.